The van der Waals surface area contributed by atoms with Gasteiger partial charge in [-0.05, 0) is 57.1 Å². The summed E-state index contributed by atoms with van der Waals surface area (Å²) < 4.78 is 5.28. The minimum absolute atomic E-state index is 0.0299. The van der Waals surface area contributed by atoms with E-state index in [4.69, 9.17) is 10.3 Å². The molecule has 31 heavy (non-hydrogen) atoms. The van der Waals surface area contributed by atoms with Gasteiger partial charge in [-0.25, -0.2) is 0 Å². The maximum absolute atomic E-state index is 13.0. The van der Waals surface area contributed by atoms with Gasteiger partial charge in [-0.2, -0.15) is 0 Å². The number of carbonyl (C=O) groups excluding carboxylic acids is 2. The van der Waals surface area contributed by atoms with E-state index in [1.807, 2.05) is 30.0 Å². The molecule has 0 radical (unpaired) electrons. The minimum Gasteiger partial charge on any atom is -0.360 e. The molecule has 2 aliphatic rings. The summed E-state index contributed by atoms with van der Waals surface area (Å²) in [7, 11) is 0. The maximum atomic E-state index is 13.0. The lowest BCUT2D eigenvalue weighted by molar-refractivity contribution is -0.135. The molecule has 1 aromatic carbocycles. The van der Waals surface area contributed by atoms with E-state index >= 15 is 0 Å². The van der Waals surface area contributed by atoms with Gasteiger partial charge in [-0.15, -0.1) is 0 Å². The van der Waals surface area contributed by atoms with Crippen molar-refractivity contribution < 1.29 is 14.1 Å². The van der Waals surface area contributed by atoms with Crippen molar-refractivity contribution in [2.75, 3.05) is 13.1 Å². The van der Waals surface area contributed by atoms with Gasteiger partial charge in [0.1, 0.15) is 5.76 Å². The molecule has 1 saturated heterocycles. The summed E-state index contributed by atoms with van der Waals surface area (Å²) in [5.74, 6) is 1.33. The van der Waals surface area contributed by atoms with Gasteiger partial charge in [0.05, 0.1) is 0 Å². The number of benzene rings is 1. The highest BCUT2D eigenvalue weighted by molar-refractivity contribution is 5.92. The van der Waals surface area contributed by atoms with Gasteiger partial charge >= 0.3 is 0 Å². The molecule has 2 heterocycles. The molecular weight excluding hydrogens is 392 g/mol. The predicted molar refractivity (Wildman–Crippen MR) is 117 cm³/mol. The number of nitrogens with two attached hydrogens (primary N) is 1. The van der Waals surface area contributed by atoms with Gasteiger partial charge in [0.15, 0.2) is 5.69 Å². The first-order valence-electron chi connectivity index (χ1n) is 11.3. The summed E-state index contributed by atoms with van der Waals surface area (Å²) in [4.78, 5) is 27.4. The molecule has 7 heteroatoms. The van der Waals surface area contributed by atoms with Crippen molar-refractivity contribution >= 4 is 11.8 Å². The van der Waals surface area contributed by atoms with E-state index in [2.05, 4.69) is 22.6 Å². The third kappa shape index (κ3) is 5.53. The van der Waals surface area contributed by atoms with E-state index in [9.17, 15) is 9.59 Å². The minimum atomic E-state index is -0.196. The van der Waals surface area contributed by atoms with E-state index in [-0.39, 0.29) is 29.8 Å². The highest BCUT2D eigenvalue weighted by Gasteiger charge is 2.32. The second-order valence-electron chi connectivity index (χ2n) is 9.02. The zero-order valence-corrected chi connectivity index (χ0v) is 18.1. The Kier molecular flexibility index (Phi) is 6.70. The summed E-state index contributed by atoms with van der Waals surface area (Å²) in [5.41, 5.74) is 7.51. The highest BCUT2D eigenvalue weighted by atomic mass is 16.5. The number of rotatable bonds is 8. The summed E-state index contributed by atoms with van der Waals surface area (Å²) in [6.07, 6.45) is 4.95. The topological polar surface area (TPSA) is 101 Å². The summed E-state index contributed by atoms with van der Waals surface area (Å²) in [6, 6.07) is 12.0. The number of likely N-dealkylation sites (tertiary alicyclic amines) is 1. The fourth-order valence-electron chi connectivity index (χ4n) is 4.44. The van der Waals surface area contributed by atoms with Crippen LogP contribution in [0.4, 0.5) is 0 Å². The van der Waals surface area contributed by atoms with Gasteiger partial charge in [-0.3, -0.25) is 9.59 Å². The molecule has 1 aromatic heterocycles. The monoisotopic (exact) mass is 424 g/mol. The Morgan fingerprint density at radius 3 is 2.71 bits per heavy atom. The molecule has 1 aliphatic heterocycles. The Labute approximate surface area is 183 Å². The van der Waals surface area contributed by atoms with Crippen molar-refractivity contribution in [3.63, 3.8) is 0 Å². The Hall–Kier alpha value is -2.67. The Morgan fingerprint density at radius 1 is 1.26 bits per heavy atom. The van der Waals surface area contributed by atoms with Gasteiger partial charge in [0, 0.05) is 37.0 Å². The molecule has 2 fully saturated rings. The number of hydrogen-bond acceptors (Lipinski definition) is 5. The zero-order valence-electron chi connectivity index (χ0n) is 18.1. The first-order valence-corrected chi connectivity index (χ1v) is 11.3. The summed E-state index contributed by atoms with van der Waals surface area (Å²) in [6.45, 7) is 3.17. The second kappa shape index (κ2) is 9.64. The Morgan fingerprint density at radius 2 is 2.03 bits per heavy atom. The zero-order chi connectivity index (χ0) is 21.8. The first kappa shape index (κ1) is 21.6. The van der Waals surface area contributed by atoms with Gasteiger partial charge in [0.25, 0.3) is 5.91 Å². The number of nitrogens with zero attached hydrogens (tertiary/aromatic N) is 2. The molecule has 3 atom stereocenters. The quantitative estimate of drug-likeness (QED) is 0.678. The summed E-state index contributed by atoms with van der Waals surface area (Å²) >= 11 is 0. The number of nitrogens with one attached hydrogen (secondary N) is 1. The molecule has 166 valence electrons. The lowest BCUT2D eigenvalue weighted by Crippen LogP contribution is -2.51. The molecule has 0 spiro atoms. The molecule has 1 saturated carbocycles. The van der Waals surface area contributed by atoms with Crippen LogP contribution in [0.15, 0.2) is 40.9 Å². The van der Waals surface area contributed by atoms with Crippen LogP contribution < -0.4 is 11.1 Å². The third-order valence-corrected chi connectivity index (χ3v) is 6.44. The van der Waals surface area contributed by atoms with Gasteiger partial charge < -0.3 is 20.5 Å². The van der Waals surface area contributed by atoms with Crippen LogP contribution in [0.3, 0.4) is 0 Å². The van der Waals surface area contributed by atoms with Crippen molar-refractivity contribution in [3.8, 4) is 0 Å². The summed E-state index contributed by atoms with van der Waals surface area (Å²) in [5, 5.41) is 6.98. The van der Waals surface area contributed by atoms with Crippen LogP contribution in [-0.2, 0) is 11.2 Å². The number of carbonyl (C=O) groups is 2. The molecule has 0 bridgehead atoms. The Balaban J connectivity index is 1.26. The molecular formula is C24H32N4O3. The van der Waals surface area contributed by atoms with E-state index in [1.165, 1.54) is 5.56 Å². The average Bonchev–Trinajstić information content (AvgIpc) is 3.50. The fraction of sp³-hybridized carbons (Fsp3) is 0.542. The first-order chi connectivity index (χ1) is 15.0. The molecule has 7 nitrogen and oxygen atoms in total. The van der Waals surface area contributed by atoms with Crippen LogP contribution in [0.1, 0.15) is 66.8 Å². The normalized spacial score (nSPS) is 22.2. The van der Waals surface area contributed by atoms with Crippen LogP contribution >= 0.6 is 0 Å². The van der Waals surface area contributed by atoms with Crippen molar-refractivity contribution in [2.45, 2.75) is 63.5 Å². The predicted octanol–water partition coefficient (Wildman–Crippen LogP) is 2.87. The van der Waals surface area contributed by atoms with Crippen molar-refractivity contribution in [3.05, 3.63) is 53.4 Å². The Bertz CT molecular complexity index is 893. The second-order valence-corrected chi connectivity index (χ2v) is 9.02. The molecule has 1 aliphatic carbocycles. The SMILES string of the molecule is C[C@H]1C[C@@H](NC(=O)c2cc(C3CC3)on2)CCN1C(=O)CC(CN)Cc1ccccc1. The van der Waals surface area contributed by atoms with Crippen LogP contribution in [0, 0.1) is 5.92 Å². The van der Waals surface area contributed by atoms with Crippen molar-refractivity contribution in [2.24, 2.45) is 11.7 Å². The van der Waals surface area contributed by atoms with E-state index in [0.29, 0.717) is 31.1 Å². The van der Waals surface area contributed by atoms with E-state index < -0.39 is 0 Å². The van der Waals surface area contributed by atoms with E-state index in [1.54, 1.807) is 6.07 Å². The number of hydrogen-bond donors (Lipinski definition) is 2. The lowest BCUT2D eigenvalue weighted by Gasteiger charge is -2.38. The van der Waals surface area contributed by atoms with Crippen molar-refractivity contribution in [1.29, 1.82) is 0 Å². The largest absolute Gasteiger partial charge is 0.360 e. The van der Waals surface area contributed by atoms with Crippen molar-refractivity contribution in [1.82, 2.24) is 15.4 Å². The van der Waals surface area contributed by atoms with Crippen LogP contribution in [-0.4, -0.2) is 47.0 Å². The van der Waals surface area contributed by atoms with Gasteiger partial charge in [-0.1, -0.05) is 35.5 Å². The maximum Gasteiger partial charge on any atom is 0.273 e. The lowest BCUT2D eigenvalue weighted by atomic mass is 9.93. The average molecular weight is 425 g/mol. The standard InChI is InChI=1S/C24H32N4O3/c1-16-11-20(26-24(30)21-14-22(31-27-21)19-7-8-19)9-10-28(16)23(29)13-18(15-25)12-17-5-3-2-4-6-17/h2-6,14,16,18-20H,7-13,15,25H2,1H3,(H,26,30)/t16-,18?,20-/m0/s1. The van der Waals surface area contributed by atoms with Gasteiger partial charge in [0.2, 0.25) is 5.91 Å². The molecule has 2 amide bonds. The molecule has 2 aromatic rings. The highest BCUT2D eigenvalue weighted by Crippen LogP contribution is 2.40. The number of aromatic nitrogens is 1. The van der Waals surface area contributed by atoms with Crippen LogP contribution in [0.2, 0.25) is 0 Å². The fourth-order valence-corrected chi connectivity index (χ4v) is 4.44. The van der Waals surface area contributed by atoms with Crippen LogP contribution in [0.5, 0.6) is 0 Å². The smallest absolute Gasteiger partial charge is 0.273 e. The third-order valence-electron chi connectivity index (χ3n) is 6.44. The van der Waals surface area contributed by atoms with Crippen LogP contribution in [0.25, 0.3) is 0 Å². The number of piperidine rings is 1. The number of amides is 2. The molecule has 3 N–H and O–H groups in total. The molecule has 4 rings (SSSR count). The van der Waals surface area contributed by atoms with E-state index in [0.717, 1.165) is 37.9 Å². The molecule has 1 unspecified atom stereocenters.